The van der Waals surface area contributed by atoms with Crippen molar-refractivity contribution in [3.05, 3.63) is 53.5 Å². The maximum Gasteiger partial charge on any atom is 0.356 e. The van der Waals surface area contributed by atoms with Crippen LogP contribution in [0.4, 0.5) is 5.82 Å². The maximum atomic E-state index is 10.7. The quantitative estimate of drug-likeness (QED) is 0.745. The van der Waals surface area contributed by atoms with Crippen LogP contribution in [0.1, 0.15) is 21.6 Å². The summed E-state index contributed by atoms with van der Waals surface area (Å²) in [6.45, 7) is 1.96. The van der Waals surface area contributed by atoms with Gasteiger partial charge in [-0.1, -0.05) is 29.8 Å². The highest BCUT2D eigenvalue weighted by Gasteiger charge is 2.11. The standard InChI is InChI=1S/C15H17N3O3/c1-10-3-2-4-11(5-10)6-12(9-19)18-14-8-16-13(7-17-14)15(20)21/h2-5,7-8,12,19H,6,9H2,1H3,(H,17,18)(H,20,21). The van der Waals surface area contributed by atoms with E-state index < -0.39 is 5.97 Å². The first-order valence-electron chi connectivity index (χ1n) is 6.57. The lowest BCUT2D eigenvalue weighted by Crippen LogP contribution is -2.27. The molecule has 1 aromatic carbocycles. The van der Waals surface area contributed by atoms with Gasteiger partial charge in [0, 0.05) is 0 Å². The van der Waals surface area contributed by atoms with E-state index in [0.717, 1.165) is 11.1 Å². The molecule has 0 saturated carbocycles. The molecule has 21 heavy (non-hydrogen) atoms. The number of aromatic carboxylic acids is 1. The van der Waals surface area contributed by atoms with Gasteiger partial charge in [-0.05, 0) is 18.9 Å². The Bertz CT molecular complexity index is 614. The summed E-state index contributed by atoms with van der Waals surface area (Å²) >= 11 is 0. The number of benzene rings is 1. The van der Waals surface area contributed by atoms with E-state index in [-0.39, 0.29) is 18.3 Å². The molecule has 0 spiro atoms. The molecule has 1 unspecified atom stereocenters. The minimum atomic E-state index is -1.12. The van der Waals surface area contributed by atoms with Crippen molar-refractivity contribution < 1.29 is 15.0 Å². The van der Waals surface area contributed by atoms with Crippen molar-refractivity contribution >= 4 is 11.8 Å². The van der Waals surface area contributed by atoms with Gasteiger partial charge in [-0.25, -0.2) is 14.8 Å². The first-order valence-corrected chi connectivity index (χ1v) is 6.57. The molecule has 1 heterocycles. The van der Waals surface area contributed by atoms with E-state index in [1.54, 1.807) is 0 Å². The number of aromatic nitrogens is 2. The average molecular weight is 287 g/mol. The van der Waals surface area contributed by atoms with E-state index in [0.29, 0.717) is 12.2 Å². The Morgan fingerprint density at radius 1 is 1.33 bits per heavy atom. The zero-order valence-corrected chi connectivity index (χ0v) is 11.7. The molecule has 6 nitrogen and oxygen atoms in total. The zero-order chi connectivity index (χ0) is 15.2. The maximum absolute atomic E-state index is 10.7. The number of hydrogen-bond donors (Lipinski definition) is 3. The zero-order valence-electron chi connectivity index (χ0n) is 11.7. The van der Waals surface area contributed by atoms with E-state index >= 15 is 0 Å². The summed E-state index contributed by atoms with van der Waals surface area (Å²) in [7, 11) is 0. The predicted molar refractivity (Wildman–Crippen MR) is 78.4 cm³/mol. The van der Waals surface area contributed by atoms with Crippen molar-refractivity contribution in [1.82, 2.24) is 9.97 Å². The van der Waals surface area contributed by atoms with Crippen LogP contribution in [-0.2, 0) is 6.42 Å². The number of hydrogen-bond acceptors (Lipinski definition) is 5. The van der Waals surface area contributed by atoms with Gasteiger partial charge in [0.2, 0.25) is 0 Å². The predicted octanol–water partition coefficient (Wildman–Crippen LogP) is 1.50. The van der Waals surface area contributed by atoms with E-state index in [1.807, 2.05) is 25.1 Å². The minimum absolute atomic E-state index is 0.0592. The smallest absolute Gasteiger partial charge is 0.356 e. The second kappa shape index (κ2) is 6.81. The Morgan fingerprint density at radius 2 is 2.14 bits per heavy atom. The molecule has 3 N–H and O–H groups in total. The van der Waals surface area contributed by atoms with E-state index in [2.05, 4.69) is 21.4 Å². The van der Waals surface area contributed by atoms with Crippen molar-refractivity contribution in [3.8, 4) is 0 Å². The average Bonchev–Trinajstić information content (AvgIpc) is 2.47. The molecule has 0 saturated heterocycles. The van der Waals surface area contributed by atoms with Gasteiger partial charge in [0.15, 0.2) is 5.69 Å². The summed E-state index contributed by atoms with van der Waals surface area (Å²) in [5.41, 5.74) is 2.16. The van der Waals surface area contributed by atoms with Crippen LogP contribution in [0.2, 0.25) is 0 Å². The SMILES string of the molecule is Cc1cccc(CC(CO)Nc2cnc(C(=O)O)cn2)c1. The van der Waals surface area contributed by atoms with Crippen molar-refractivity contribution in [2.24, 2.45) is 0 Å². The largest absolute Gasteiger partial charge is 0.476 e. The molecule has 1 atom stereocenters. The monoisotopic (exact) mass is 287 g/mol. The topological polar surface area (TPSA) is 95.3 Å². The number of carboxylic acid groups (broad SMARTS) is 1. The second-order valence-corrected chi connectivity index (χ2v) is 4.81. The highest BCUT2D eigenvalue weighted by atomic mass is 16.4. The number of carboxylic acids is 1. The second-order valence-electron chi connectivity index (χ2n) is 4.81. The summed E-state index contributed by atoms with van der Waals surface area (Å²) in [6, 6.07) is 7.83. The Hall–Kier alpha value is -2.47. The van der Waals surface area contributed by atoms with Crippen molar-refractivity contribution in [2.45, 2.75) is 19.4 Å². The van der Waals surface area contributed by atoms with E-state index in [4.69, 9.17) is 5.11 Å². The molecule has 0 aliphatic rings. The third-order valence-electron chi connectivity index (χ3n) is 3.01. The summed E-state index contributed by atoms with van der Waals surface area (Å²) in [5, 5.41) is 21.3. The number of carbonyl (C=O) groups is 1. The lowest BCUT2D eigenvalue weighted by atomic mass is 10.0. The summed E-state index contributed by atoms with van der Waals surface area (Å²) < 4.78 is 0. The van der Waals surface area contributed by atoms with Crippen molar-refractivity contribution in [2.75, 3.05) is 11.9 Å². The molecule has 0 aliphatic heterocycles. The number of aliphatic hydroxyl groups excluding tert-OH is 1. The summed E-state index contributed by atoms with van der Waals surface area (Å²) in [5.74, 6) is -0.681. The van der Waals surface area contributed by atoms with Crippen molar-refractivity contribution in [1.29, 1.82) is 0 Å². The molecule has 110 valence electrons. The first kappa shape index (κ1) is 14.9. The molecule has 0 aliphatic carbocycles. The fourth-order valence-electron chi connectivity index (χ4n) is 2.01. The molecular weight excluding hydrogens is 270 g/mol. The number of nitrogens with one attached hydrogen (secondary N) is 1. The number of nitrogens with zero attached hydrogens (tertiary/aromatic N) is 2. The van der Waals surface area contributed by atoms with Gasteiger partial charge < -0.3 is 15.5 Å². The molecule has 0 radical (unpaired) electrons. The van der Waals surface area contributed by atoms with E-state index in [9.17, 15) is 9.90 Å². The summed E-state index contributed by atoms with van der Waals surface area (Å²) in [6.07, 6.45) is 3.18. The molecule has 0 amide bonds. The Morgan fingerprint density at radius 3 is 2.71 bits per heavy atom. The van der Waals surface area contributed by atoms with Crippen LogP contribution in [0.15, 0.2) is 36.7 Å². The van der Waals surface area contributed by atoms with Gasteiger partial charge in [-0.2, -0.15) is 0 Å². The van der Waals surface area contributed by atoms with Gasteiger partial charge in [0.1, 0.15) is 5.82 Å². The molecule has 0 fully saturated rings. The number of anilines is 1. The van der Waals surface area contributed by atoms with Gasteiger partial charge >= 0.3 is 5.97 Å². The summed E-state index contributed by atoms with van der Waals surface area (Å²) in [4.78, 5) is 18.5. The van der Waals surface area contributed by atoms with Crippen LogP contribution in [-0.4, -0.2) is 38.8 Å². The number of rotatable bonds is 6. The van der Waals surface area contributed by atoms with Gasteiger partial charge in [0.05, 0.1) is 25.0 Å². The Labute approximate surface area is 122 Å². The van der Waals surface area contributed by atoms with Gasteiger partial charge in [0.25, 0.3) is 0 Å². The first-order chi connectivity index (χ1) is 10.1. The molecule has 2 aromatic rings. The molecule has 6 heteroatoms. The van der Waals surface area contributed by atoms with Crippen LogP contribution >= 0.6 is 0 Å². The van der Waals surface area contributed by atoms with Gasteiger partial charge in [-0.3, -0.25) is 0 Å². The van der Waals surface area contributed by atoms with Gasteiger partial charge in [-0.15, -0.1) is 0 Å². The molecule has 0 bridgehead atoms. The minimum Gasteiger partial charge on any atom is -0.476 e. The van der Waals surface area contributed by atoms with Crippen LogP contribution in [0, 0.1) is 6.92 Å². The molecular formula is C15H17N3O3. The molecule has 2 rings (SSSR count). The highest BCUT2D eigenvalue weighted by Crippen LogP contribution is 2.10. The van der Waals surface area contributed by atoms with Crippen LogP contribution in [0.25, 0.3) is 0 Å². The van der Waals surface area contributed by atoms with Crippen LogP contribution in [0.5, 0.6) is 0 Å². The Balaban J connectivity index is 2.03. The van der Waals surface area contributed by atoms with Crippen LogP contribution < -0.4 is 5.32 Å². The third kappa shape index (κ3) is 4.25. The van der Waals surface area contributed by atoms with E-state index in [1.165, 1.54) is 12.4 Å². The van der Waals surface area contributed by atoms with Crippen molar-refractivity contribution in [3.63, 3.8) is 0 Å². The Kier molecular flexibility index (Phi) is 4.84. The number of aliphatic hydroxyl groups is 1. The fraction of sp³-hybridized carbons (Fsp3) is 0.267. The normalized spacial score (nSPS) is 11.9. The van der Waals surface area contributed by atoms with Crippen LogP contribution in [0.3, 0.4) is 0 Å². The highest BCUT2D eigenvalue weighted by molar-refractivity contribution is 5.84. The lowest BCUT2D eigenvalue weighted by Gasteiger charge is -2.17. The fourth-order valence-corrected chi connectivity index (χ4v) is 2.01. The lowest BCUT2D eigenvalue weighted by molar-refractivity contribution is 0.0690. The number of aryl methyl sites for hydroxylation is 1. The third-order valence-corrected chi connectivity index (χ3v) is 3.01. The molecule has 1 aromatic heterocycles.